The van der Waals surface area contributed by atoms with E-state index in [1.807, 2.05) is 0 Å². The van der Waals surface area contributed by atoms with Crippen LogP contribution in [0, 0.1) is 10.1 Å². The van der Waals surface area contributed by atoms with E-state index in [0.29, 0.717) is 12.1 Å². The summed E-state index contributed by atoms with van der Waals surface area (Å²) >= 11 is 0. The van der Waals surface area contributed by atoms with Gasteiger partial charge in [0, 0.05) is 24.2 Å². The molecular weight excluding hydrogens is 244 g/mol. The van der Waals surface area contributed by atoms with Crippen molar-refractivity contribution in [1.82, 2.24) is 5.32 Å². The molecule has 2 unspecified atom stereocenters. The molecule has 2 atom stereocenters. The number of nitrogens with zero attached hydrogens (tertiary/aromatic N) is 1. The third-order valence-electron chi connectivity index (χ3n) is 3.72. The van der Waals surface area contributed by atoms with E-state index >= 15 is 0 Å². The number of nitro benzene ring substituents is 1. The maximum Gasteiger partial charge on any atom is 0.273 e. The van der Waals surface area contributed by atoms with Crippen LogP contribution in [0.15, 0.2) is 24.3 Å². The molecule has 1 aromatic rings. The van der Waals surface area contributed by atoms with Crippen molar-refractivity contribution < 1.29 is 10.0 Å². The molecule has 1 aliphatic rings. The molecule has 0 bridgehead atoms. The van der Waals surface area contributed by atoms with E-state index in [1.165, 1.54) is 6.07 Å². The first-order valence-electron chi connectivity index (χ1n) is 6.82. The van der Waals surface area contributed by atoms with Crippen LogP contribution < -0.4 is 5.32 Å². The molecule has 2 N–H and O–H groups in total. The summed E-state index contributed by atoms with van der Waals surface area (Å²) in [7, 11) is 0. The summed E-state index contributed by atoms with van der Waals surface area (Å²) in [6, 6.07) is 6.78. The second-order valence-corrected chi connectivity index (χ2v) is 5.08. The van der Waals surface area contributed by atoms with Gasteiger partial charge in [-0.3, -0.25) is 10.1 Å². The maximum absolute atomic E-state index is 10.9. The van der Waals surface area contributed by atoms with Crippen LogP contribution in [0.1, 0.15) is 37.7 Å². The Morgan fingerprint density at radius 1 is 1.26 bits per heavy atom. The zero-order valence-corrected chi connectivity index (χ0v) is 10.9. The van der Waals surface area contributed by atoms with Crippen molar-refractivity contribution >= 4 is 5.69 Å². The number of benzene rings is 1. The van der Waals surface area contributed by atoms with Crippen molar-refractivity contribution in [3.8, 4) is 0 Å². The molecule has 0 aromatic heterocycles. The quantitative estimate of drug-likeness (QED) is 0.497. The van der Waals surface area contributed by atoms with E-state index < -0.39 is 0 Å². The Morgan fingerprint density at radius 3 is 2.79 bits per heavy atom. The highest BCUT2D eigenvalue weighted by Crippen LogP contribution is 2.21. The van der Waals surface area contributed by atoms with Gasteiger partial charge in [-0.05, 0) is 12.8 Å². The first kappa shape index (κ1) is 14.0. The first-order chi connectivity index (χ1) is 9.18. The number of hydrogen-bond donors (Lipinski definition) is 2. The summed E-state index contributed by atoms with van der Waals surface area (Å²) in [5, 5.41) is 24.2. The van der Waals surface area contributed by atoms with Gasteiger partial charge in [-0.2, -0.15) is 0 Å². The molecular formula is C14H20N2O3. The van der Waals surface area contributed by atoms with Gasteiger partial charge in [0.05, 0.1) is 11.0 Å². The lowest BCUT2D eigenvalue weighted by molar-refractivity contribution is -0.385. The van der Waals surface area contributed by atoms with Gasteiger partial charge >= 0.3 is 0 Å². The van der Waals surface area contributed by atoms with Gasteiger partial charge in [0.2, 0.25) is 0 Å². The molecule has 0 saturated heterocycles. The average Bonchev–Trinajstić information content (AvgIpc) is 2.61. The van der Waals surface area contributed by atoms with Gasteiger partial charge < -0.3 is 10.4 Å². The zero-order valence-electron chi connectivity index (χ0n) is 10.9. The number of nitro groups is 1. The molecule has 1 aliphatic carbocycles. The van der Waals surface area contributed by atoms with Gasteiger partial charge in [-0.25, -0.2) is 0 Å². The van der Waals surface area contributed by atoms with E-state index in [4.69, 9.17) is 0 Å². The SMILES string of the molecule is O=[N+]([O-])c1ccccc1CNC1CCCCCC1O. The fraction of sp³-hybridized carbons (Fsp3) is 0.571. The van der Waals surface area contributed by atoms with Crippen LogP contribution in [0.2, 0.25) is 0 Å². The fourth-order valence-corrected chi connectivity index (χ4v) is 2.61. The van der Waals surface area contributed by atoms with Crippen LogP contribution in [-0.4, -0.2) is 22.2 Å². The molecule has 0 heterocycles. The predicted octanol–water partition coefficient (Wildman–Crippen LogP) is 2.38. The average molecular weight is 264 g/mol. The zero-order chi connectivity index (χ0) is 13.7. The van der Waals surface area contributed by atoms with Gasteiger partial charge in [-0.1, -0.05) is 37.5 Å². The molecule has 1 fully saturated rings. The minimum Gasteiger partial charge on any atom is -0.392 e. The Hall–Kier alpha value is -1.46. The molecule has 19 heavy (non-hydrogen) atoms. The predicted molar refractivity (Wildman–Crippen MR) is 72.8 cm³/mol. The molecule has 0 spiro atoms. The van der Waals surface area contributed by atoms with Gasteiger partial charge in [0.25, 0.3) is 5.69 Å². The molecule has 1 saturated carbocycles. The number of rotatable bonds is 4. The smallest absolute Gasteiger partial charge is 0.273 e. The van der Waals surface area contributed by atoms with Crippen molar-refractivity contribution in [3.05, 3.63) is 39.9 Å². The van der Waals surface area contributed by atoms with Gasteiger partial charge in [0.1, 0.15) is 0 Å². The van der Waals surface area contributed by atoms with Crippen LogP contribution >= 0.6 is 0 Å². The Labute approximate surface area is 112 Å². The summed E-state index contributed by atoms with van der Waals surface area (Å²) < 4.78 is 0. The highest BCUT2D eigenvalue weighted by atomic mass is 16.6. The molecule has 5 heteroatoms. The Balaban J connectivity index is 1.99. The van der Waals surface area contributed by atoms with E-state index in [0.717, 1.165) is 32.1 Å². The number of nitrogens with one attached hydrogen (secondary N) is 1. The molecule has 5 nitrogen and oxygen atoms in total. The third kappa shape index (κ3) is 3.75. The lowest BCUT2D eigenvalue weighted by atomic mass is 10.1. The maximum atomic E-state index is 10.9. The van der Waals surface area contributed by atoms with Crippen molar-refractivity contribution in [2.75, 3.05) is 0 Å². The van der Waals surface area contributed by atoms with Crippen molar-refractivity contribution in [1.29, 1.82) is 0 Å². The normalized spacial score (nSPS) is 23.8. The second kappa shape index (κ2) is 6.63. The van der Waals surface area contributed by atoms with Crippen LogP contribution in [-0.2, 0) is 6.54 Å². The summed E-state index contributed by atoms with van der Waals surface area (Å²) in [5.41, 5.74) is 0.807. The van der Waals surface area contributed by atoms with Gasteiger partial charge in [0.15, 0.2) is 0 Å². The Bertz CT molecular complexity index is 436. The first-order valence-corrected chi connectivity index (χ1v) is 6.82. The van der Waals surface area contributed by atoms with Gasteiger partial charge in [-0.15, -0.1) is 0 Å². The topological polar surface area (TPSA) is 75.4 Å². The number of aliphatic hydroxyl groups excluding tert-OH is 1. The number of hydrogen-bond acceptors (Lipinski definition) is 4. The summed E-state index contributed by atoms with van der Waals surface area (Å²) in [4.78, 5) is 10.6. The van der Waals surface area contributed by atoms with E-state index in [1.54, 1.807) is 18.2 Å². The summed E-state index contributed by atoms with van der Waals surface area (Å²) in [6.45, 7) is 0.429. The minimum absolute atomic E-state index is 0.0438. The summed E-state index contributed by atoms with van der Waals surface area (Å²) in [6.07, 6.45) is 4.72. The van der Waals surface area contributed by atoms with Crippen molar-refractivity contribution in [2.45, 2.75) is 50.8 Å². The van der Waals surface area contributed by atoms with E-state index in [2.05, 4.69) is 5.32 Å². The fourth-order valence-electron chi connectivity index (χ4n) is 2.61. The van der Waals surface area contributed by atoms with Crippen molar-refractivity contribution in [2.24, 2.45) is 0 Å². The largest absolute Gasteiger partial charge is 0.392 e. The Morgan fingerprint density at radius 2 is 2.00 bits per heavy atom. The highest BCUT2D eigenvalue weighted by molar-refractivity contribution is 5.39. The minimum atomic E-state index is -0.361. The number of para-hydroxylation sites is 1. The standard InChI is InChI=1S/C14H20N2O3/c17-14-9-3-1-2-7-12(14)15-10-11-6-4-5-8-13(11)16(18)19/h4-6,8,12,14-15,17H,1-3,7,9-10H2. The molecule has 0 radical (unpaired) electrons. The molecule has 104 valence electrons. The van der Waals surface area contributed by atoms with Crippen LogP contribution in [0.4, 0.5) is 5.69 Å². The Kier molecular flexibility index (Phi) is 4.87. The van der Waals surface area contributed by atoms with Crippen LogP contribution in [0.3, 0.4) is 0 Å². The second-order valence-electron chi connectivity index (χ2n) is 5.08. The number of aliphatic hydroxyl groups is 1. The van der Waals surface area contributed by atoms with Crippen molar-refractivity contribution in [3.63, 3.8) is 0 Å². The van der Waals surface area contributed by atoms with E-state index in [9.17, 15) is 15.2 Å². The van der Waals surface area contributed by atoms with Crippen LogP contribution in [0.25, 0.3) is 0 Å². The highest BCUT2D eigenvalue weighted by Gasteiger charge is 2.22. The molecule has 1 aromatic carbocycles. The van der Waals surface area contributed by atoms with Crippen LogP contribution in [0.5, 0.6) is 0 Å². The molecule has 2 rings (SSSR count). The van der Waals surface area contributed by atoms with E-state index in [-0.39, 0.29) is 22.8 Å². The third-order valence-corrected chi connectivity index (χ3v) is 3.72. The lowest BCUT2D eigenvalue weighted by Crippen LogP contribution is -2.38. The molecule has 0 amide bonds. The lowest BCUT2D eigenvalue weighted by Gasteiger charge is -2.21. The summed E-state index contributed by atoms with van der Waals surface area (Å²) in [5.74, 6) is 0. The monoisotopic (exact) mass is 264 g/mol. The molecule has 0 aliphatic heterocycles.